The first-order chi connectivity index (χ1) is 15.5. The molecule has 1 aliphatic heterocycles. The van der Waals surface area contributed by atoms with Crippen LogP contribution in [0.3, 0.4) is 0 Å². The number of para-hydroxylation sites is 1. The Labute approximate surface area is 186 Å². The molecule has 0 unspecified atom stereocenters. The van der Waals surface area contributed by atoms with E-state index in [4.69, 9.17) is 13.9 Å². The van der Waals surface area contributed by atoms with E-state index in [1.165, 1.54) is 0 Å². The standard InChI is InChI=1S/C25H27NO6/c1-15(2)14-31-19-10-9-16(13-20(19)30-3)22-21-23(28)17-7-4-5-8-18(17)32-24(21)25(29)26(22)11-6-12-27/h4-5,7-10,13,15,22,27H,6,11-12,14H2,1-3H3/t22-/m0/s1. The molecule has 168 valence electrons. The van der Waals surface area contributed by atoms with Crippen molar-refractivity contribution in [3.63, 3.8) is 0 Å². The maximum atomic E-state index is 13.4. The number of hydrogen-bond acceptors (Lipinski definition) is 6. The van der Waals surface area contributed by atoms with Crippen molar-refractivity contribution >= 4 is 16.9 Å². The largest absolute Gasteiger partial charge is 0.493 e. The molecule has 7 nitrogen and oxygen atoms in total. The molecule has 3 aromatic rings. The van der Waals surface area contributed by atoms with Crippen LogP contribution in [-0.2, 0) is 0 Å². The van der Waals surface area contributed by atoms with Crippen LogP contribution >= 0.6 is 0 Å². The molecular formula is C25H27NO6. The first-order valence-electron chi connectivity index (χ1n) is 10.7. The number of carbonyl (C=O) groups is 1. The monoisotopic (exact) mass is 437 g/mol. The minimum Gasteiger partial charge on any atom is -0.493 e. The molecule has 1 aromatic heterocycles. The second kappa shape index (κ2) is 9.04. The predicted octanol–water partition coefficient (Wildman–Crippen LogP) is 3.76. The second-order valence-corrected chi connectivity index (χ2v) is 8.26. The average molecular weight is 437 g/mol. The summed E-state index contributed by atoms with van der Waals surface area (Å²) in [6, 6.07) is 11.7. The summed E-state index contributed by atoms with van der Waals surface area (Å²) in [4.78, 5) is 28.2. The lowest BCUT2D eigenvalue weighted by Crippen LogP contribution is -2.31. The smallest absolute Gasteiger partial charge is 0.290 e. The molecule has 7 heteroatoms. The number of nitrogens with zero attached hydrogens (tertiary/aromatic N) is 1. The highest BCUT2D eigenvalue weighted by atomic mass is 16.5. The lowest BCUT2D eigenvalue weighted by Gasteiger charge is -2.25. The number of hydrogen-bond donors (Lipinski definition) is 1. The van der Waals surface area contributed by atoms with Crippen molar-refractivity contribution in [2.75, 3.05) is 26.9 Å². The van der Waals surface area contributed by atoms with E-state index >= 15 is 0 Å². The number of fused-ring (bicyclic) bond motifs is 2. The normalized spacial score (nSPS) is 15.5. The summed E-state index contributed by atoms with van der Waals surface area (Å²) in [6.45, 7) is 4.88. The van der Waals surface area contributed by atoms with Gasteiger partial charge < -0.3 is 23.9 Å². The number of aliphatic hydroxyl groups excluding tert-OH is 1. The molecule has 0 aliphatic carbocycles. The fraction of sp³-hybridized carbons (Fsp3) is 0.360. The maximum Gasteiger partial charge on any atom is 0.290 e. The van der Waals surface area contributed by atoms with Gasteiger partial charge in [-0.25, -0.2) is 0 Å². The molecule has 1 aliphatic rings. The minimum atomic E-state index is -0.641. The SMILES string of the molecule is COc1cc([C@H]2c3c(oc4ccccc4c3=O)C(=O)N2CCCO)ccc1OCC(C)C. The molecule has 1 amide bonds. The van der Waals surface area contributed by atoms with Gasteiger partial charge >= 0.3 is 0 Å². The predicted molar refractivity (Wildman–Crippen MR) is 120 cm³/mol. The highest BCUT2D eigenvalue weighted by Crippen LogP contribution is 2.41. The van der Waals surface area contributed by atoms with Gasteiger partial charge in [0.05, 0.1) is 30.7 Å². The van der Waals surface area contributed by atoms with E-state index in [1.54, 1.807) is 48.4 Å². The van der Waals surface area contributed by atoms with E-state index in [0.717, 1.165) is 0 Å². The number of benzene rings is 2. The Bertz CT molecular complexity index is 1200. The first-order valence-corrected chi connectivity index (χ1v) is 10.7. The number of aliphatic hydroxyl groups is 1. The van der Waals surface area contributed by atoms with Crippen molar-refractivity contribution < 1.29 is 23.8 Å². The molecule has 0 radical (unpaired) electrons. The zero-order valence-electron chi connectivity index (χ0n) is 18.5. The van der Waals surface area contributed by atoms with E-state index in [9.17, 15) is 14.7 Å². The molecule has 2 aromatic carbocycles. The highest BCUT2D eigenvalue weighted by molar-refractivity contribution is 5.99. The Morgan fingerprint density at radius 2 is 1.91 bits per heavy atom. The zero-order chi connectivity index (χ0) is 22.8. The second-order valence-electron chi connectivity index (χ2n) is 8.26. The molecule has 0 bridgehead atoms. The molecule has 0 fully saturated rings. The molecule has 32 heavy (non-hydrogen) atoms. The fourth-order valence-electron chi connectivity index (χ4n) is 4.02. The lowest BCUT2D eigenvalue weighted by molar-refractivity contribution is 0.0716. The highest BCUT2D eigenvalue weighted by Gasteiger charge is 2.42. The Kier molecular flexibility index (Phi) is 6.19. The van der Waals surface area contributed by atoms with Crippen LogP contribution in [0.5, 0.6) is 11.5 Å². The van der Waals surface area contributed by atoms with Gasteiger partial charge in [0, 0.05) is 13.2 Å². The van der Waals surface area contributed by atoms with Gasteiger partial charge in [-0.2, -0.15) is 0 Å². The number of methoxy groups -OCH3 is 1. The Morgan fingerprint density at radius 1 is 1.12 bits per heavy atom. The van der Waals surface area contributed by atoms with Crippen LogP contribution in [0.2, 0.25) is 0 Å². The van der Waals surface area contributed by atoms with Gasteiger partial charge in [-0.15, -0.1) is 0 Å². The van der Waals surface area contributed by atoms with Gasteiger partial charge in [0.25, 0.3) is 5.91 Å². The number of rotatable bonds is 8. The van der Waals surface area contributed by atoms with Crippen molar-refractivity contribution in [1.29, 1.82) is 0 Å². The molecule has 2 heterocycles. The summed E-state index contributed by atoms with van der Waals surface area (Å²) in [7, 11) is 1.56. The van der Waals surface area contributed by atoms with Crippen molar-refractivity contribution in [2.45, 2.75) is 26.3 Å². The van der Waals surface area contributed by atoms with Crippen LogP contribution in [0, 0.1) is 5.92 Å². The number of carbonyl (C=O) groups excluding carboxylic acids is 1. The van der Waals surface area contributed by atoms with Gasteiger partial charge in [-0.3, -0.25) is 9.59 Å². The van der Waals surface area contributed by atoms with Crippen molar-refractivity contribution in [2.24, 2.45) is 5.92 Å². The number of amides is 1. The summed E-state index contributed by atoms with van der Waals surface area (Å²) in [5.41, 5.74) is 1.17. The van der Waals surface area contributed by atoms with E-state index < -0.39 is 6.04 Å². The van der Waals surface area contributed by atoms with Gasteiger partial charge in [0.2, 0.25) is 5.76 Å². The summed E-state index contributed by atoms with van der Waals surface area (Å²) in [5.74, 6) is 1.17. The zero-order valence-corrected chi connectivity index (χ0v) is 18.5. The van der Waals surface area contributed by atoms with Gasteiger partial charge in [-0.1, -0.05) is 32.0 Å². The Morgan fingerprint density at radius 3 is 2.62 bits per heavy atom. The van der Waals surface area contributed by atoms with E-state index in [1.807, 2.05) is 6.07 Å². The maximum absolute atomic E-state index is 13.4. The molecular weight excluding hydrogens is 410 g/mol. The van der Waals surface area contributed by atoms with E-state index in [2.05, 4.69) is 13.8 Å². The minimum absolute atomic E-state index is 0.0516. The summed E-state index contributed by atoms with van der Waals surface area (Å²) in [6.07, 6.45) is 0.386. The molecule has 0 saturated heterocycles. The van der Waals surface area contributed by atoms with Gasteiger partial charge in [-0.05, 0) is 42.2 Å². The van der Waals surface area contributed by atoms with Crippen LogP contribution in [0.4, 0.5) is 0 Å². The van der Waals surface area contributed by atoms with Crippen molar-refractivity contribution in [1.82, 2.24) is 4.90 Å². The molecule has 0 saturated carbocycles. The Balaban J connectivity index is 1.85. The molecule has 4 rings (SSSR count). The lowest BCUT2D eigenvalue weighted by atomic mass is 9.98. The van der Waals surface area contributed by atoms with E-state index in [-0.39, 0.29) is 30.2 Å². The van der Waals surface area contributed by atoms with Crippen molar-refractivity contribution in [3.8, 4) is 11.5 Å². The molecule has 1 atom stereocenters. The van der Waals surface area contributed by atoms with Crippen molar-refractivity contribution in [3.05, 3.63) is 69.6 Å². The van der Waals surface area contributed by atoms with Crippen LogP contribution < -0.4 is 14.9 Å². The fourth-order valence-corrected chi connectivity index (χ4v) is 4.02. The van der Waals surface area contributed by atoms with Crippen LogP contribution in [-0.4, -0.2) is 42.8 Å². The summed E-state index contributed by atoms with van der Waals surface area (Å²) in [5, 5.41) is 9.79. The summed E-state index contributed by atoms with van der Waals surface area (Å²) < 4.78 is 17.3. The van der Waals surface area contributed by atoms with Gasteiger partial charge in [0.15, 0.2) is 16.9 Å². The van der Waals surface area contributed by atoms with Crippen LogP contribution in [0.1, 0.15) is 48.0 Å². The third-order valence-corrected chi connectivity index (χ3v) is 5.51. The quantitative estimate of drug-likeness (QED) is 0.577. The number of ether oxygens (including phenoxy) is 2. The molecule has 0 spiro atoms. The third kappa shape index (κ3) is 3.84. The van der Waals surface area contributed by atoms with Gasteiger partial charge in [0.1, 0.15) is 5.58 Å². The first kappa shape index (κ1) is 21.9. The third-order valence-electron chi connectivity index (χ3n) is 5.51. The Hall–Kier alpha value is -3.32. The average Bonchev–Trinajstić information content (AvgIpc) is 3.08. The van der Waals surface area contributed by atoms with E-state index in [0.29, 0.717) is 52.5 Å². The topological polar surface area (TPSA) is 89.2 Å². The van der Waals surface area contributed by atoms with Crippen LogP contribution in [0.15, 0.2) is 51.7 Å². The summed E-state index contributed by atoms with van der Waals surface area (Å²) >= 11 is 0. The molecule has 1 N–H and O–H groups in total. The van der Waals surface area contributed by atoms with Crippen LogP contribution in [0.25, 0.3) is 11.0 Å².